The zero-order valence-electron chi connectivity index (χ0n) is 13.5. The molecule has 0 heterocycles. The number of halogens is 3. The second-order valence-electron chi connectivity index (χ2n) is 4.97. The summed E-state index contributed by atoms with van der Waals surface area (Å²) in [6, 6.07) is 4.79. The predicted molar refractivity (Wildman–Crippen MR) is 84.8 cm³/mol. The fraction of sp³-hybridized carbons (Fsp3) is 0.500. The Morgan fingerprint density at radius 2 is 1.92 bits per heavy atom. The van der Waals surface area contributed by atoms with Crippen molar-refractivity contribution in [3.63, 3.8) is 0 Å². The number of rotatable bonds is 10. The second-order valence-corrected chi connectivity index (χ2v) is 6.73. The summed E-state index contributed by atoms with van der Waals surface area (Å²) < 4.78 is 67.8. The van der Waals surface area contributed by atoms with Crippen molar-refractivity contribution in [1.82, 2.24) is 15.4 Å². The molecule has 25 heavy (non-hydrogen) atoms. The largest absolute Gasteiger partial charge is 0.405 e. The van der Waals surface area contributed by atoms with Gasteiger partial charge >= 0.3 is 6.18 Å². The second kappa shape index (κ2) is 9.70. The molecule has 1 amide bonds. The van der Waals surface area contributed by atoms with E-state index in [1.165, 1.54) is 18.2 Å². The predicted octanol–water partition coefficient (Wildman–Crippen LogP) is 0.493. The van der Waals surface area contributed by atoms with Crippen LogP contribution in [-0.2, 0) is 14.8 Å². The number of methoxy groups -OCH3 is 1. The fourth-order valence-corrected chi connectivity index (χ4v) is 2.82. The maximum Gasteiger partial charge on any atom is 0.405 e. The molecule has 0 saturated heterocycles. The monoisotopic (exact) mass is 383 g/mol. The number of alkyl halides is 3. The van der Waals surface area contributed by atoms with E-state index in [1.807, 2.05) is 0 Å². The highest BCUT2D eigenvalue weighted by molar-refractivity contribution is 7.89. The van der Waals surface area contributed by atoms with Gasteiger partial charge in [0.25, 0.3) is 5.91 Å². The zero-order valence-corrected chi connectivity index (χ0v) is 14.3. The molecule has 0 fully saturated rings. The molecule has 0 aliphatic heterocycles. The molecule has 11 heteroatoms. The molecule has 0 aromatic heterocycles. The Morgan fingerprint density at radius 3 is 2.56 bits per heavy atom. The lowest BCUT2D eigenvalue weighted by molar-refractivity contribution is -0.123. The number of amides is 1. The van der Waals surface area contributed by atoms with Gasteiger partial charge in [0.05, 0.1) is 11.5 Å². The fourth-order valence-electron chi connectivity index (χ4n) is 1.74. The van der Waals surface area contributed by atoms with E-state index >= 15 is 0 Å². The van der Waals surface area contributed by atoms with E-state index in [2.05, 4.69) is 10.0 Å². The molecule has 0 aliphatic rings. The van der Waals surface area contributed by atoms with Gasteiger partial charge in [-0.1, -0.05) is 6.07 Å². The summed E-state index contributed by atoms with van der Waals surface area (Å²) in [6.07, 6.45) is -4.54. The third-order valence-electron chi connectivity index (χ3n) is 2.93. The molecule has 0 unspecified atom stereocenters. The van der Waals surface area contributed by atoms with Crippen molar-refractivity contribution >= 4 is 15.9 Å². The number of carbonyl (C=O) groups is 1. The molecule has 0 aliphatic carbocycles. The van der Waals surface area contributed by atoms with E-state index < -0.39 is 28.7 Å². The van der Waals surface area contributed by atoms with Crippen LogP contribution in [0.5, 0.6) is 0 Å². The minimum atomic E-state index is -4.54. The molecule has 1 aromatic carbocycles. The van der Waals surface area contributed by atoms with Crippen LogP contribution < -0.4 is 15.4 Å². The number of hydrogen-bond donors (Lipinski definition) is 3. The molecule has 0 saturated carbocycles. The Kier molecular flexibility index (Phi) is 8.29. The maximum atomic E-state index is 12.1. The van der Waals surface area contributed by atoms with Crippen LogP contribution in [-0.4, -0.2) is 60.4 Å². The summed E-state index contributed by atoms with van der Waals surface area (Å²) in [4.78, 5) is 11.5. The van der Waals surface area contributed by atoms with Gasteiger partial charge in [-0.25, -0.2) is 13.1 Å². The Morgan fingerprint density at radius 1 is 1.20 bits per heavy atom. The molecule has 142 valence electrons. The minimum Gasteiger partial charge on any atom is -0.383 e. The van der Waals surface area contributed by atoms with Crippen LogP contribution in [0.15, 0.2) is 29.2 Å². The molecule has 0 bridgehead atoms. The van der Waals surface area contributed by atoms with E-state index in [9.17, 15) is 26.4 Å². The van der Waals surface area contributed by atoms with Gasteiger partial charge in [-0.2, -0.15) is 13.2 Å². The average Bonchev–Trinajstić information content (AvgIpc) is 2.55. The van der Waals surface area contributed by atoms with Crippen LogP contribution >= 0.6 is 0 Å². The Bertz CT molecular complexity index is 666. The molecule has 3 N–H and O–H groups in total. The molecule has 1 aromatic rings. The number of benzene rings is 1. The first-order valence-corrected chi connectivity index (χ1v) is 8.78. The summed E-state index contributed by atoms with van der Waals surface area (Å²) in [7, 11) is -2.33. The van der Waals surface area contributed by atoms with Gasteiger partial charge in [0.1, 0.15) is 6.54 Å². The van der Waals surface area contributed by atoms with Crippen molar-refractivity contribution in [3.05, 3.63) is 29.8 Å². The van der Waals surface area contributed by atoms with E-state index in [1.54, 1.807) is 12.4 Å². The quantitative estimate of drug-likeness (QED) is 0.511. The zero-order chi connectivity index (χ0) is 18.9. The van der Waals surface area contributed by atoms with Crippen LogP contribution in [0.1, 0.15) is 10.4 Å². The van der Waals surface area contributed by atoms with Gasteiger partial charge in [-0.3, -0.25) is 4.79 Å². The number of hydrogen-bond acceptors (Lipinski definition) is 5. The minimum absolute atomic E-state index is 0.108. The van der Waals surface area contributed by atoms with Gasteiger partial charge in [0.15, 0.2) is 0 Å². The van der Waals surface area contributed by atoms with Crippen LogP contribution in [0.3, 0.4) is 0 Å². The Labute approximate surface area is 144 Å². The molecule has 7 nitrogen and oxygen atoms in total. The normalized spacial score (nSPS) is 12.2. The van der Waals surface area contributed by atoms with Crippen molar-refractivity contribution < 1.29 is 31.1 Å². The number of carbonyl (C=O) groups excluding carboxylic acids is 1. The summed E-state index contributed by atoms with van der Waals surface area (Å²) in [5.74, 6) is -1.00. The lowest BCUT2D eigenvalue weighted by Crippen LogP contribution is -2.34. The maximum absolute atomic E-state index is 12.1. The summed E-state index contributed by atoms with van der Waals surface area (Å²) in [6.45, 7) is 0.0357. The third-order valence-corrected chi connectivity index (χ3v) is 4.39. The van der Waals surface area contributed by atoms with E-state index in [4.69, 9.17) is 4.74 Å². The number of ether oxygens (including phenoxy) is 1. The number of nitrogens with one attached hydrogen (secondary N) is 3. The van der Waals surface area contributed by atoms with Crippen LogP contribution in [0.25, 0.3) is 0 Å². The van der Waals surface area contributed by atoms with Gasteiger partial charge in [-0.05, 0) is 18.2 Å². The third kappa shape index (κ3) is 8.29. The summed E-state index contributed by atoms with van der Waals surface area (Å²) in [5.41, 5.74) is -0.176. The van der Waals surface area contributed by atoms with Crippen molar-refractivity contribution in [2.24, 2.45) is 0 Å². The van der Waals surface area contributed by atoms with Crippen LogP contribution in [0.2, 0.25) is 0 Å². The molecular weight excluding hydrogens is 363 g/mol. The van der Waals surface area contributed by atoms with Crippen LogP contribution in [0, 0.1) is 0 Å². The van der Waals surface area contributed by atoms with E-state index in [-0.39, 0.29) is 17.0 Å². The summed E-state index contributed by atoms with van der Waals surface area (Å²) in [5, 5.41) is 4.64. The van der Waals surface area contributed by atoms with E-state index in [0.717, 1.165) is 6.07 Å². The van der Waals surface area contributed by atoms with E-state index in [0.29, 0.717) is 19.7 Å². The molecule has 1 rings (SSSR count). The van der Waals surface area contributed by atoms with Gasteiger partial charge in [-0.15, -0.1) is 0 Å². The smallest absolute Gasteiger partial charge is 0.383 e. The molecule has 0 atom stereocenters. The van der Waals surface area contributed by atoms with Crippen molar-refractivity contribution in [2.75, 3.05) is 39.9 Å². The molecule has 0 spiro atoms. The molecular formula is C14H20F3N3O4S. The van der Waals surface area contributed by atoms with Gasteiger partial charge in [0, 0.05) is 32.3 Å². The lowest BCUT2D eigenvalue weighted by atomic mass is 10.2. The highest BCUT2D eigenvalue weighted by Gasteiger charge is 2.28. The van der Waals surface area contributed by atoms with Crippen LogP contribution in [0.4, 0.5) is 13.2 Å². The highest BCUT2D eigenvalue weighted by atomic mass is 32.2. The molecule has 0 radical (unpaired) electrons. The first-order chi connectivity index (χ1) is 11.7. The van der Waals surface area contributed by atoms with Gasteiger partial charge < -0.3 is 15.4 Å². The van der Waals surface area contributed by atoms with Gasteiger partial charge in [0.2, 0.25) is 10.0 Å². The average molecular weight is 383 g/mol. The number of sulfonamides is 1. The lowest BCUT2D eigenvalue weighted by Gasteiger charge is -2.10. The van der Waals surface area contributed by atoms with Crippen molar-refractivity contribution in [2.45, 2.75) is 11.1 Å². The summed E-state index contributed by atoms with van der Waals surface area (Å²) >= 11 is 0. The highest BCUT2D eigenvalue weighted by Crippen LogP contribution is 2.14. The van der Waals surface area contributed by atoms with Crippen molar-refractivity contribution in [3.8, 4) is 0 Å². The standard InChI is InChI=1S/C14H20F3N3O4S/c1-24-8-7-18-5-6-20-25(22,23)12-4-2-3-11(9-12)13(21)19-10-14(15,16)17/h2-4,9,18,20H,5-8,10H2,1H3,(H,19,21). The SMILES string of the molecule is COCCNCCNS(=O)(=O)c1cccc(C(=O)NCC(F)(F)F)c1. The van der Waals surface area contributed by atoms with Crippen molar-refractivity contribution in [1.29, 1.82) is 0 Å². The Balaban J connectivity index is 2.64. The Hall–Kier alpha value is -1.69. The first-order valence-electron chi connectivity index (χ1n) is 7.30. The first kappa shape index (κ1) is 21.4. The topological polar surface area (TPSA) is 96.5 Å².